The van der Waals surface area contributed by atoms with Crippen molar-refractivity contribution in [3.63, 3.8) is 0 Å². The third-order valence-corrected chi connectivity index (χ3v) is 3.23. The summed E-state index contributed by atoms with van der Waals surface area (Å²) >= 11 is 1.43. The van der Waals surface area contributed by atoms with Gasteiger partial charge in [-0.2, -0.15) is 13.2 Å². The molecule has 6 heteroatoms. The quantitative estimate of drug-likeness (QED) is 0.845. The lowest BCUT2D eigenvalue weighted by atomic mass is 10.3. The second-order valence-corrected chi connectivity index (χ2v) is 5.13. The number of rotatable bonds is 5. The summed E-state index contributed by atoms with van der Waals surface area (Å²) in [5.74, 6) is 5.60. The van der Waals surface area contributed by atoms with E-state index in [9.17, 15) is 13.2 Å². The molecular formula is C13H17F3N2S. The lowest BCUT2D eigenvalue weighted by Gasteiger charge is -2.22. The highest BCUT2D eigenvalue weighted by Gasteiger charge is 2.30. The molecule has 1 rings (SSSR count). The summed E-state index contributed by atoms with van der Waals surface area (Å²) in [6.07, 6.45) is -3.46. The van der Waals surface area contributed by atoms with Gasteiger partial charge in [0.05, 0.1) is 13.1 Å². The molecule has 0 fully saturated rings. The van der Waals surface area contributed by atoms with Gasteiger partial charge < -0.3 is 5.73 Å². The van der Waals surface area contributed by atoms with Gasteiger partial charge in [-0.25, -0.2) is 0 Å². The van der Waals surface area contributed by atoms with Crippen molar-refractivity contribution in [2.24, 2.45) is 5.73 Å². The summed E-state index contributed by atoms with van der Waals surface area (Å²) in [6, 6.07) is 1.83. The third kappa shape index (κ3) is 6.62. The monoisotopic (exact) mass is 290 g/mol. The zero-order chi connectivity index (χ0) is 14.3. The summed E-state index contributed by atoms with van der Waals surface area (Å²) in [5.41, 5.74) is 6.08. The highest BCUT2D eigenvalue weighted by atomic mass is 32.1. The number of hydrogen-bond acceptors (Lipinski definition) is 3. The van der Waals surface area contributed by atoms with Crippen LogP contribution >= 0.6 is 11.3 Å². The van der Waals surface area contributed by atoms with Crippen LogP contribution in [0.3, 0.4) is 0 Å². The highest BCUT2D eigenvalue weighted by molar-refractivity contribution is 7.10. The van der Waals surface area contributed by atoms with Crippen LogP contribution in [0.5, 0.6) is 0 Å². The molecule has 0 unspecified atom stereocenters. The molecule has 106 valence electrons. The van der Waals surface area contributed by atoms with E-state index < -0.39 is 12.7 Å². The molecule has 1 aromatic heterocycles. The van der Waals surface area contributed by atoms with E-state index in [1.54, 1.807) is 0 Å². The van der Waals surface area contributed by atoms with Crippen molar-refractivity contribution in [3.8, 4) is 11.8 Å². The van der Waals surface area contributed by atoms with Gasteiger partial charge >= 0.3 is 6.18 Å². The molecule has 0 aromatic carbocycles. The first-order valence-corrected chi connectivity index (χ1v) is 6.88. The van der Waals surface area contributed by atoms with Gasteiger partial charge in [0, 0.05) is 22.4 Å². The van der Waals surface area contributed by atoms with Gasteiger partial charge in [0.25, 0.3) is 0 Å². The molecule has 1 aromatic rings. The Balaban J connectivity index is 2.65. The van der Waals surface area contributed by atoms with E-state index in [-0.39, 0.29) is 6.54 Å². The van der Waals surface area contributed by atoms with Crippen LogP contribution in [0.25, 0.3) is 0 Å². The van der Waals surface area contributed by atoms with Crippen LogP contribution in [0, 0.1) is 11.8 Å². The molecule has 0 aliphatic rings. The summed E-state index contributed by atoms with van der Waals surface area (Å²) in [6.45, 7) is 2.02. The molecule has 0 aliphatic heterocycles. The van der Waals surface area contributed by atoms with Gasteiger partial charge in [0.15, 0.2) is 0 Å². The van der Waals surface area contributed by atoms with Crippen molar-refractivity contribution in [2.45, 2.75) is 26.1 Å². The van der Waals surface area contributed by atoms with Crippen molar-refractivity contribution >= 4 is 11.3 Å². The minimum Gasteiger partial charge on any atom is -0.320 e. The predicted molar refractivity (Wildman–Crippen MR) is 71.9 cm³/mol. The lowest BCUT2D eigenvalue weighted by Crippen LogP contribution is -2.34. The molecule has 0 bridgehead atoms. The molecule has 0 spiro atoms. The van der Waals surface area contributed by atoms with Crippen molar-refractivity contribution in [3.05, 3.63) is 21.9 Å². The SMILES string of the molecule is CCCN(Cc1cc(C#CCN)cs1)CC(F)(F)F. The molecule has 0 saturated carbocycles. The second kappa shape index (κ2) is 7.53. The second-order valence-electron chi connectivity index (χ2n) is 4.13. The number of hydrogen-bond donors (Lipinski definition) is 1. The smallest absolute Gasteiger partial charge is 0.320 e. The Kier molecular flexibility index (Phi) is 6.35. The van der Waals surface area contributed by atoms with Crippen molar-refractivity contribution < 1.29 is 13.2 Å². The topological polar surface area (TPSA) is 29.3 Å². The Labute approximate surface area is 115 Å². The van der Waals surface area contributed by atoms with Crippen LogP contribution < -0.4 is 5.73 Å². The minimum atomic E-state index is -4.16. The Morgan fingerprint density at radius 3 is 2.74 bits per heavy atom. The Morgan fingerprint density at radius 1 is 1.42 bits per heavy atom. The van der Waals surface area contributed by atoms with Crippen molar-refractivity contribution in [1.29, 1.82) is 0 Å². The van der Waals surface area contributed by atoms with Crippen LogP contribution in [0.1, 0.15) is 23.8 Å². The maximum absolute atomic E-state index is 12.4. The summed E-state index contributed by atoms with van der Waals surface area (Å²) < 4.78 is 37.3. The zero-order valence-corrected chi connectivity index (χ0v) is 11.6. The van der Waals surface area contributed by atoms with Gasteiger partial charge in [-0.15, -0.1) is 11.3 Å². The van der Waals surface area contributed by atoms with E-state index in [0.29, 0.717) is 19.5 Å². The standard InChI is InChI=1S/C13H17F3N2S/c1-2-6-18(10-13(14,15)16)8-12-7-11(9-19-12)4-3-5-17/h7,9H,2,5-6,8,10,17H2,1H3. The molecule has 0 aliphatic carbocycles. The average molecular weight is 290 g/mol. The van der Waals surface area contributed by atoms with Crippen LogP contribution in [0.4, 0.5) is 13.2 Å². The molecule has 19 heavy (non-hydrogen) atoms. The fourth-order valence-corrected chi connectivity index (χ4v) is 2.54. The third-order valence-electron chi connectivity index (χ3n) is 2.31. The summed E-state index contributed by atoms with van der Waals surface area (Å²) in [7, 11) is 0. The predicted octanol–water partition coefficient (Wildman–Crippen LogP) is 2.83. The number of thiophene rings is 1. The highest BCUT2D eigenvalue weighted by Crippen LogP contribution is 2.21. The van der Waals surface area contributed by atoms with Gasteiger partial charge in [-0.3, -0.25) is 4.90 Å². The molecule has 2 nitrogen and oxygen atoms in total. The molecular weight excluding hydrogens is 273 g/mol. The molecule has 2 N–H and O–H groups in total. The first kappa shape index (κ1) is 16.0. The summed E-state index contributed by atoms with van der Waals surface area (Å²) in [5, 5.41) is 1.84. The van der Waals surface area contributed by atoms with E-state index in [0.717, 1.165) is 10.4 Å². The van der Waals surface area contributed by atoms with Gasteiger partial charge in [-0.1, -0.05) is 18.8 Å². The number of nitrogens with two attached hydrogens (primary N) is 1. The Morgan fingerprint density at radius 2 is 2.16 bits per heavy atom. The van der Waals surface area contributed by atoms with E-state index in [1.165, 1.54) is 16.2 Å². The van der Waals surface area contributed by atoms with Crippen LogP contribution in [-0.4, -0.2) is 30.7 Å². The molecule has 0 radical (unpaired) electrons. The first-order valence-electron chi connectivity index (χ1n) is 6.00. The van der Waals surface area contributed by atoms with E-state index in [1.807, 2.05) is 18.4 Å². The van der Waals surface area contributed by atoms with Crippen molar-refractivity contribution in [1.82, 2.24) is 4.90 Å². The normalized spacial score (nSPS) is 11.5. The number of halogens is 3. The van der Waals surface area contributed by atoms with Crippen molar-refractivity contribution in [2.75, 3.05) is 19.6 Å². The summed E-state index contributed by atoms with van der Waals surface area (Å²) in [4.78, 5) is 2.30. The van der Waals surface area contributed by atoms with Gasteiger partial charge in [0.1, 0.15) is 0 Å². The van der Waals surface area contributed by atoms with E-state index >= 15 is 0 Å². The van der Waals surface area contributed by atoms with E-state index in [4.69, 9.17) is 5.73 Å². The number of alkyl halides is 3. The molecule has 0 atom stereocenters. The molecule has 0 saturated heterocycles. The largest absolute Gasteiger partial charge is 0.401 e. The van der Waals surface area contributed by atoms with E-state index in [2.05, 4.69) is 11.8 Å². The Bertz CT molecular complexity index is 443. The maximum atomic E-state index is 12.4. The molecule has 1 heterocycles. The zero-order valence-electron chi connectivity index (χ0n) is 10.8. The van der Waals surface area contributed by atoms with Gasteiger partial charge in [-0.05, 0) is 19.0 Å². The first-order chi connectivity index (χ1) is 8.94. The van der Waals surface area contributed by atoms with Gasteiger partial charge in [0.2, 0.25) is 0 Å². The average Bonchev–Trinajstić information content (AvgIpc) is 2.72. The van der Waals surface area contributed by atoms with Crippen LogP contribution in [0.15, 0.2) is 11.4 Å². The van der Waals surface area contributed by atoms with Crippen LogP contribution in [-0.2, 0) is 6.54 Å². The fourth-order valence-electron chi connectivity index (χ4n) is 1.69. The minimum absolute atomic E-state index is 0.279. The lowest BCUT2D eigenvalue weighted by molar-refractivity contribution is -0.147. The van der Waals surface area contributed by atoms with Crippen LogP contribution in [0.2, 0.25) is 0 Å². The molecule has 0 amide bonds. The maximum Gasteiger partial charge on any atom is 0.401 e. The Hall–Kier alpha value is -1.03. The fraction of sp³-hybridized carbons (Fsp3) is 0.538. The number of nitrogens with zero attached hydrogens (tertiary/aromatic N) is 1.